The normalized spacial score (nSPS) is 13.9. The van der Waals surface area contributed by atoms with E-state index in [1.165, 1.54) is 6.07 Å². The molecule has 0 saturated carbocycles. The quantitative estimate of drug-likeness (QED) is 0.771. The van der Waals surface area contributed by atoms with Gasteiger partial charge in [-0.25, -0.2) is 13.1 Å². The highest BCUT2D eigenvalue weighted by Gasteiger charge is 2.19. The third-order valence-corrected chi connectivity index (χ3v) is 5.02. The van der Waals surface area contributed by atoms with Gasteiger partial charge < -0.3 is 9.67 Å². The summed E-state index contributed by atoms with van der Waals surface area (Å²) in [6, 6.07) is 1.54. The van der Waals surface area contributed by atoms with Crippen LogP contribution in [-0.2, 0) is 23.2 Å². The van der Waals surface area contributed by atoms with Crippen LogP contribution in [0.15, 0.2) is 17.2 Å². The molecule has 6 heteroatoms. The Morgan fingerprint density at radius 3 is 2.50 bits per heavy atom. The monoisotopic (exact) mass is 302 g/mol. The van der Waals surface area contributed by atoms with Gasteiger partial charge in [0, 0.05) is 25.0 Å². The fourth-order valence-corrected chi connectivity index (χ4v) is 3.02. The first-order valence-electron chi connectivity index (χ1n) is 7.11. The van der Waals surface area contributed by atoms with Gasteiger partial charge in [-0.2, -0.15) is 0 Å². The van der Waals surface area contributed by atoms with E-state index in [1.807, 2.05) is 13.8 Å². The summed E-state index contributed by atoms with van der Waals surface area (Å²) in [6.45, 7) is 9.15. The molecular weight excluding hydrogens is 276 g/mol. The highest BCUT2D eigenvalue weighted by atomic mass is 32.2. The average Bonchev–Trinajstić information content (AvgIpc) is 2.80. The first-order valence-corrected chi connectivity index (χ1v) is 8.59. The number of hydrogen-bond donors (Lipinski definition) is 2. The second-order valence-corrected chi connectivity index (χ2v) is 7.36. The summed E-state index contributed by atoms with van der Waals surface area (Å²) in [5.41, 5.74) is 0.629. The fourth-order valence-electron chi connectivity index (χ4n) is 1.81. The molecule has 0 spiro atoms. The number of aromatic nitrogens is 1. The molecule has 1 heterocycles. The predicted octanol–water partition coefficient (Wildman–Crippen LogP) is 1.96. The molecule has 2 N–H and O–H groups in total. The van der Waals surface area contributed by atoms with Crippen LogP contribution in [0.3, 0.4) is 0 Å². The van der Waals surface area contributed by atoms with Gasteiger partial charge in [-0.1, -0.05) is 27.7 Å². The zero-order valence-corrected chi connectivity index (χ0v) is 13.6. The molecule has 0 radical (unpaired) electrons. The van der Waals surface area contributed by atoms with Crippen molar-refractivity contribution in [2.75, 3.05) is 6.54 Å². The van der Waals surface area contributed by atoms with Crippen LogP contribution in [-0.4, -0.2) is 24.6 Å². The van der Waals surface area contributed by atoms with E-state index < -0.39 is 10.0 Å². The van der Waals surface area contributed by atoms with Gasteiger partial charge in [-0.05, 0) is 24.3 Å². The summed E-state index contributed by atoms with van der Waals surface area (Å²) in [6.07, 6.45) is 2.48. The van der Waals surface area contributed by atoms with E-state index in [1.54, 1.807) is 10.8 Å². The molecule has 1 unspecified atom stereocenters. The van der Waals surface area contributed by atoms with Gasteiger partial charge in [0.15, 0.2) is 0 Å². The Morgan fingerprint density at radius 1 is 1.35 bits per heavy atom. The standard InChI is InChI=1S/C14H26N2O3S/c1-5-6-16-9-14(7-13(16)10-17)20(18,19)15-8-12(4)11(2)3/h7,9,11-12,15,17H,5-6,8,10H2,1-4H3. The van der Waals surface area contributed by atoms with Crippen molar-refractivity contribution in [2.24, 2.45) is 11.8 Å². The lowest BCUT2D eigenvalue weighted by Crippen LogP contribution is -2.30. The minimum absolute atomic E-state index is 0.155. The van der Waals surface area contributed by atoms with E-state index in [9.17, 15) is 13.5 Å². The number of aliphatic hydroxyl groups is 1. The van der Waals surface area contributed by atoms with E-state index in [4.69, 9.17) is 0 Å². The maximum Gasteiger partial charge on any atom is 0.242 e. The van der Waals surface area contributed by atoms with Crippen LogP contribution >= 0.6 is 0 Å². The first kappa shape index (κ1) is 17.2. The van der Waals surface area contributed by atoms with E-state index in [-0.39, 0.29) is 17.4 Å². The number of rotatable bonds is 8. The zero-order chi connectivity index (χ0) is 15.3. The van der Waals surface area contributed by atoms with Crippen LogP contribution < -0.4 is 4.72 Å². The second-order valence-electron chi connectivity index (χ2n) is 5.59. The maximum atomic E-state index is 12.2. The molecule has 1 aromatic heterocycles. The summed E-state index contributed by atoms with van der Waals surface area (Å²) in [5, 5.41) is 9.28. The Kier molecular flexibility index (Phi) is 6.23. The molecule has 0 amide bonds. The molecule has 1 aromatic rings. The van der Waals surface area contributed by atoms with Crippen molar-refractivity contribution in [3.05, 3.63) is 18.0 Å². The van der Waals surface area contributed by atoms with Gasteiger partial charge in [0.2, 0.25) is 10.0 Å². The molecule has 0 bridgehead atoms. The molecule has 5 nitrogen and oxygen atoms in total. The third kappa shape index (κ3) is 4.33. The minimum atomic E-state index is -3.50. The SMILES string of the molecule is CCCn1cc(S(=O)(=O)NCC(C)C(C)C)cc1CO. The second kappa shape index (κ2) is 7.24. The first-order chi connectivity index (χ1) is 9.31. The molecule has 0 saturated heterocycles. The van der Waals surface area contributed by atoms with Crippen molar-refractivity contribution in [3.63, 3.8) is 0 Å². The van der Waals surface area contributed by atoms with Gasteiger partial charge in [0.05, 0.1) is 11.5 Å². The van der Waals surface area contributed by atoms with Gasteiger partial charge >= 0.3 is 0 Å². The van der Waals surface area contributed by atoms with E-state index >= 15 is 0 Å². The lowest BCUT2D eigenvalue weighted by molar-refractivity contribution is 0.270. The predicted molar refractivity (Wildman–Crippen MR) is 79.8 cm³/mol. The van der Waals surface area contributed by atoms with Gasteiger partial charge in [-0.3, -0.25) is 0 Å². The lowest BCUT2D eigenvalue weighted by atomic mass is 9.99. The van der Waals surface area contributed by atoms with Gasteiger partial charge in [-0.15, -0.1) is 0 Å². The number of nitrogens with zero attached hydrogens (tertiary/aromatic N) is 1. The molecule has 116 valence electrons. The van der Waals surface area contributed by atoms with Crippen LogP contribution in [0.1, 0.15) is 39.8 Å². The number of hydrogen-bond acceptors (Lipinski definition) is 3. The molecule has 0 fully saturated rings. The minimum Gasteiger partial charge on any atom is -0.390 e. The Balaban J connectivity index is 2.87. The maximum absolute atomic E-state index is 12.2. The van der Waals surface area contributed by atoms with Crippen molar-refractivity contribution >= 4 is 10.0 Å². The molecule has 0 aliphatic rings. The van der Waals surface area contributed by atoms with E-state index in [2.05, 4.69) is 18.6 Å². The van der Waals surface area contributed by atoms with Crippen molar-refractivity contribution < 1.29 is 13.5 Å². The molecule has 1 rings (SSSR count). The molecule has 0 aliphatic carbocycles. The smallest absolute Gasteiger partial charge is 0.242 e. The van der Waals surface area contributed by atoms with Crippen LogP contribution in [0.4, 0.5) is 0 Å². The average molecular weight is 302 g/mol. The van der Waals surface area contributed by atoms with E-state index in [0.29, 0.717) is 24.7 Å². The Hall–Kier alpha value is -0.850. The summed E-state index contributed by atoms with van der Waals surface area (Å²) in [7, 11) is -3.50. The number of aliphatic hydroxyl groups excluding tert-OH is 1. The topological polar surface area (TPSA) is 71.3 Å². The fraction of sp³-hybridized carbons (Fsp3) is 0.714. The molecule has 0 aliphatic heterocycles. The molecular formula is C14H26N2O3S. The molecule has 1 atom stereocenters. The van der Waals surface area contributed by atoms with Gasteiger partial charge in [0.1, 0.15) is 0 Å². The highest BCUT2D eigenvalue weighted by molar-refractivity contribution is 7.89. The summed E-state index contributed by atoms with van der Waals surface area (Å²) in [4.78, 5) is 0.228. The molecule has 0 aromatic carbocycles. The van der Waals surface area contributed by atoms with Gasteiger partial charge in [0.25, 0.3) is 0 Å². The van der Waals surface area contributed by atoms with Crippen LogP contribution in [0.2, 0.25) is 0 Å². The van der Waals surface area contributed by atoms with E-state index in [0.717, 1.165) is 6.42 Å². The van der Waals surface area contributed by atoms with Crippen molar-refractivity contribution in [1.82, 2.24) is 9.29 Å². The number of aryl methyl sites for hydroxylation is 1. The Morgan fingerprint density at radius 2 is 2.00 bits per heavy atom. The van der Waals surface area contributed by atoms with Crippen molar-refractivity contribution in [2.45, 2.75) is 52.2 Å². The zero-order valence-electron chi connectivity index (χ0n) is 12.8. The summed E-state index contributed by atoms with van der Waals surface area (Å²) >= 11 is 0. The largest absolute Gasteiger partial charge is 0.390 e. The third-order valence-electron chi connectivity index (χ3n) is 3.63. The Bertz CT molecular complexity index is 521. The number of sulfonamides is 1. The van der Waals surface area contributed by atoms with Crippen LogP contribution in [0.25, 0.3) is 0 Å². The van der Waals surface area contributed by atoms with Crippen molar-refractivity contribution in [1.29, 1.82) is 0 Å². The lowest BCUT2D eigenvalue weighted by Gasteiger charge is -2.15. The number of nitrogens with one attached hydrogen (secondary N) is 1. The highest BCUT2D eigenvalue weighted by Crippen LogP contribution is 2.16. The summed E-state index contributed by atoms with van der Waals surface area (Å²) in [5.74, 6) is 0.704. The van der Waals surface area contributed by atoms with Crippen molar-refractivity contribution in [3.8, 4) is 0 Å². The van der Waals surface area contributed by atoms with Crippen LogP contribution in [0.5, 0.6) is 0 Å². The Labute approximate surface area is 122 Å². The summed E-state index contributed by atoms with van der Waals surface area (Å²) < 4.78 is 28.9. The molecule has 20 heavy (non-hydrogen) atoms. The van der Waals surface area contributed by atoms with Crippen LogP contribution in [0, 0.1) is 11.8 Å².